The molecule has 0 radical (unpaired) electrons. The number of benzene rings is 2. The second-order valence-corrected chi connectivity index (χ2v) is 10.3. The lowest BCUT2D eigenvalue weighted by atomic mass is 9.81. The van der Waals surface area contributed by atoms with Crippen molar-refractivity contribution < 1.29 is 23.1 Å². The number of hydrogen-bond acceptors (Lipinski definition) is 3. The van der Waals surface area contributed by atoms with E-state index < -0.39 is 17.7 Å². The number of carbonyl (C=O) groups is 1. The van der Waals surface area contributed by atoms with Crippen LogP contribution in [-0.4, -0.2) is 45.6 Å². The fourth-order valence-electron chi connectivity index (χ4n) is 5.83. The quantitative estimate of drug-likeness (QED) is 0.356. The van der Waals surface area contributed by atoms with E-state index >= 15 is 0 Å². The van der Waals surface area contributed by atoms with Gasteiger partial charge >= 0.3 is 12.1 Å². The smallest absolute Gasteiger partial charge is 0.416 e. The Labute approximate surface area is 214 Å². The maximum Gasteiger partial charge on any atom is 0.416 e. The van der Waals surface area contributed by atoms with Crippen LogP contribution in [0.15, 0.2) is 48.7 Å². The van der Waals surface area contributed by atoms with E-state index in [-0.39, 0.29) is 12.3 Å². The average Bonchev–Trinajstić information content (AvgIpc) is 3.58. The van der Waals surface area contributed by atoms with Crippen molar-refractivity contribution in [3.05, 3.63) is 65.4 Å². The second-order valence-electron chi connectivity index (χ2n) is 10.3. The predicted octanol–water partition coefficient (Wildman–Crippen LogP) is 7.07. The molecule has 2 N–H and O–H groups in total. The summed E-state index contributed by atoms with van der Waals surface area (Å²) in [5, 5.41) is 8.90. The number of imidazole rings is 1. The number of hydrogen-bond donors (Lipinski definition) is 2. The number of aliphatic carboxylic acids is 1. The van der Waals surface area contributed by atoms with Gasteiger partial charge in [0, 0.05) is 24.2 Å². The molecular weight excluding hydrogens is 479 g/mol. The minimum atomic E-state index is -4.40. The second kappa shape index (κ2) is 10.7. The lowest BCUT2D eigenvalue weighted by molar-refractivity contribution is -0.139. The van der Waals surface area contributed by atoms with Crippen LogP contribution in [-0.2, 0) is 11.0 Å². The number of nitrogens with one attached hydrogen (secondary N) is 1. The summed E-state index contributed by atoms with van der Waals surface area (Å²) in [7, 11) is 0. The molecule has 37 heavy (non-hydrogen) atoms. The summed E-state index contributed by atoms with van der Waals surface area (Å²) in [5.74, 6) is 0.166. The molecule has 0 spiro atoms. The molecule has 2 fully saturated rings. The Bertz CT molecular complexity index is 1230. The third-order valence-electron chi connectivity index (χ3n) is 7.86. The molecule has 1 aliphatic heterocycles. The number of nitrogens with zero attached hydrogens (tertiary/aromatic N) is 2. The van der Waals surface area contributed by atoms with Gasteiger partial charge in [0.2, 0.25) is 0 Å². The first-order valence-electron chi connectivity index (χ1n) is 13.1. The summed E-state index contributed by atoms with van der Waals surface area (Å²) in [6.45, 7) is 2.30. The molecule has 2 aromatic carbocycles. The van der Waals surface area contributed by atoms with Crippen molar-refractivity contribution in [1.82, 2.24) is 14.9 Å². The third kappa shape index (κ3) is 5.90. The molecule has 5 nitrogen and oxygen atoms in total. The van der Waals surface area contributed by atoms with Crippen LogP contribution < -0.4 is 0 Å². The average molecular weight is 512 g/mol. The van der Waals surface area contributed by atoms with E-state index in [2.05, 4.69) is 27.0 Å². The maximum atomic E-state index is 14.0. The normalized spacial score (nSPS) is 19.4. The molecule has 1 atom stereocenters. The predicted molar refractivity (Wildman–Crippen MR) is 136 cm³/mol. The van der Waals surface area contributed by atoms with E-state index in [4.69, 9.17) is 5.11 Å². The molecule has 1 saturated heterocycles. The Morgan fingerprint density at radius 2 is 1.73 bits per heavy atom. The van der Waals surface area contributed by atoms with Gasteiger partial charge in [-0.1, -0.05) is 55.7 Å². The van der Waals surface area contributed by atoms with E-state index in [1.807, 2.05) is 12.1 Å². The fraction of sp³-hybridized carbons (Fsp3) is 0.448. The summed E-state index contributed by atoms with van der Waals surface area (Å²) < 4.78 is 41.9. The van der Waals surface area contributed by atoms with Crippen LogP contribution in [0.1, 0.15) is 73.5 Å². The van der Waals surface area contributed by atoms with Crippen LogP contribution in [0.2, 0.25) is 0 Å². The molecule has 1 saturated carbocycles. The summed E-state index contributed by atoms with van der Waals surface area (Å²) in [5.41, 5.74) is 2.98. The minimum Gasteiger partial charge on any atom is -0.481 e. The Balaban J connectivity index is 1.31. The van der Waals surface area contributed by atoms with E-state index in [0.29, 0.717) is 35.1 Å². The first-order valence-corrected chi connectivity index (χ1v) is 13.1. The molecule has 196 valence electrons. The van der Waals surface area contributed by atoms with Gasteiger partial charge in [0.05, 0.1) is 23.9 Å². The number of aromatic nitrogens is 2. The number of rotatable bonds is 7. The van der Waals surface area contributed by atoms with Crippen molar-refractivity contribution in [2.24, 2.45) is 0 Å². The highest BCUT2D eigenvalue weighted by Gasteiger charge is 2.36. The van der Waals surface area contributed by atoms with Gasteiger partial charge in [0.15, 0.2) is 0 Å². The standard InChI is InChI=1S/C29H32F3N3O2/c30-29(31,32)25-16-22(10-11-24(25)20-4-2-1-3-5-20)26-17-33-28(34-26)21-8-6-19(7-9-21)23-12-14-35(18-23)15-13-27(36)37/h6-11,16-17,20,23H,1-5,12-15,18H2,(H,33,34)(H,36,37). The number of carboxylic acids is 1. The van der Waals surface area contributed by atoms with Crippen molar-refractivity contribution >= 4 is 5.97 Å². The van der Waals surface area contributed by atoms with Gasteiger partial charge < -0.3 is 15.0 Å². The molecule has 5 rings (SSSR count). The number of halogens is 3. The molecule has 3 aromatic rings. The molecule has 0 bridgehead atoms. The maximum absolute atomic E-state index is 14.0. The highest BCUT2D eigenvalue weighted by atomic mass is 19.4. The lowest BCUT2D eigenvalue weighted by Gasteiger charge is -2.25. The SMILES string of the molecule is O=C(O)CCN1CCC(c2ccc(-c3ncc(-c4ccc(C5CCCCC5)c(C(F)(F)F)c4)[nH]3)cc2)C1. The van der Waals surface area contributed by atoms with Crippen LogP contribution >= 0.6 is 0 Å². The fourth-order valence-corrected chi connectivity index (χ4v) is 5.83. The number of alkyl halides is 3. The van der Waals surface area contributed by atoms with Gasteiger partial charge in [-0.3, -0.25) is 4.79 Å². The van der Waals surface area contributed by atoms with Crippen LogP contribution in [0, 0.1) is 0 Å². The van der Waals surface area contributed by atoms with Gasteiger partial charge in [-0.15, -0.1) is 0 Å². The summed E-state index contributed by atoms with van der Waals surface area (Å²) >= 11 is 0. The number of aromatic amines is 1. The van der Waals surface area contributed by atoms with Crippen molar-refractivity contribution in [2.75, 3.05) is 19.6 Å². The van der Waals surface area contributed by atoms with Crippen LogP contribution in [0.25, 0.3) is 22.6 Å². The van der Waals surface area contributed by atoms with Crippen molar-refractivity contribution in [1.29, 1.82) is 0 Å². The monoisotopic (exact) mass is 511 g/mol. The number of likely N-dealkylation sites (tertiary alicyclic amines) is 1. The van der Waals surface area contributed by atoms with E-state index in [1.165, 1.54) is 11.6 Å². The molecule has 0 amide bonds. The molecular formula is C29H32F3N3O2. The van der Waals surface area contributed by atoms with Crippen molar-refractivity contribution in [3.8, 4) is 22.6 Å². The van der Waals surface area contributed by atoms with Crippen LogP contribution in [0.4, 0.5) is 13.2 Å². The number of H-pyrrole nitrogens is 1. The van der Waals surface area contributed by atoms with Crippen LogP contribution in [0.3, 0.4) is 0 Å². The third-order valence-corrected chi connectivity index (χ3v) is 7.86. The molecule has 1 aromatic heterocycles. The van der Waals surface area contributed by atoms with Gasteiger partial charge in [-0.05, 0) is 54.8 Å². The molecule has 2 aliphatic rings. The Morgan fingerprint density at radius 3 is 2.43 bits per heavy atom. The topological polar surface area (TPSA) is 69.2 Å². The zero-order valence-corrected chi connectivity index (χ0v) is 20.7. The molecule has 1 unspecified atom stereocenters. The van der Waals surface area contributed by atoms with Crippen molar-refractivity contribution in [3.63, 3.8) is 0 Å². The zero-order valence-electron chi connectivity index (χ0n) is 20.7. The highest BCUT2D eigenvalue weighted by Crippen LogP contribution is 2.42. The molecule has 2 heterocycles. The van der Waals surface area contributed by atoms with Gasteiger partial charge in [0.1, 0.15) is 5.82 Å². The van der Waals surface area contributed by atoms with Gasteiger partial charge in [0.25, 0.3) is 0 Å². The van der Waals surface area contributed by atoms with E-state index in [0.717, 1.165) is 57.2 Å². The first-order chi connectivity index (χ1) is 17.8. The molecule has 8 heteroatoms. The summed E-state index contributed by atoms with van der Waals surface area (Å²) in [6, 6.07) is 12.8. The summed E-state index contributed by atoms with van der Waals surface area (Å²) in [4.78, 5) is 20.7. The Hall–Kier alpha value is -3.13. The summed E-state index contributed by atoms with van der Waals surface area (Å²) in [6.07, 6.45) is 3.03. The van der Waals surface area contributed by atoms with E-state index in [9.17, 15) is 18.0 Å². The Morgan fingerprint density at radius 1 is 1.00 bits per heavy atom. The lowest BCUT2D eigenvalue weighted by Crippen LogP contribution is -2.23. The van der Waals surface area contributed by atoms with E-state index in [1.54, 1.807) is 18.3 Å². The van der Waals surface area contributed by atoms with Crippen LogP contribution in [0.5, 0.6) is 0 Å². The largest absolute Gasteiger partial charge is 0.481 e. The van der Waals surface area contributed by atoms with Gasteiger partial charge in [-0.2, -0.15) is 13.2 Å². The zero-order chi connectivity index (χ0) is 26.0. The number of carboxylic acid groups (broad SMARTS) is 1. The van der Waals surface area contributed by atoms with Crippen molar-refractivity contribution in [2.45, 2.75) is 63.0 Å². The highest BCUT2D eigenvalue weighted by molar-refractivity contribution is 5.67. The Kier molecular flexibility index (Phi) is 7.38. The first kappa shape index (κ1) is 25.5. The minimum absolute atomic E-state index is 0.0283. The van der Waals surface area contributed by atoms with Gasteiger partial charge in [-0.25, -0.2) is 4.98 Å². The molecule has 1 aliphatic carbocycles.